The Morgan fingerprint density at radius 2 is 2.10 bits per heavy atom. The lowest BCUT2D eigenvalue weighted by Crippen LogP contribution is -2.32. The maximum absolute atomic E-state index is 12.8. The molecule has 1 aliphatic carbocycles. The molecule has 114 valence electrons. The number of amides is 1. The maximum atomic E-state index is 12.8. The van der Waals surface area contributed by atoms with Crippen molar-refractivity contribution in [3.63, 3.8) is 0 Å². The Labute approximate surface area is 135 Å². The van der Waals surface area contributed by atoms with E-state index in [2.05, 4.69) is 0 Å². The lowest BCUT2D eigenvalue weighted by molar-refractivity contribution is 0.0784. The van der Waals surface area contributed by atoms with E-state index in [0.717, 1.165) is 37.2 Å². The SMILES string of the molecule is CSc1ccc(Cl)c(C(=O)N2C[C@H]3CCC(N)C[C@H]3C2)c1. The Balaban J connectivity index is 1.77. The van der Waals surface area contributed by atoms with Crippen LogP contribution in [0.4, 0.5) is 0 Å². The second-order valence-corrected chi connectivity index (χ2v) is 7.44. The first kappa shape index (κ1) is 15.2. The molecule has 5 heteroatoms. The minimum absolute atomic E-state index is 0.0684. The highest BCUT2D eigenvalue weighted by Gasteiger charge is 2.39. The number of benzene rings is 1. The summed E-state index contributed by atoms with van der Waals surface area (Å²) in [5.41, 5.74) is 6.69. The predicted octanol–water partition coefficient (Wildman–Crippen LogP) is 3.26. The Bertz CT molecular complexity index is 551. The molecule has 1 saturated heterocycles. The third kappa shape index (κ3) is 3.08. The van der Waals surface area contributed by atoms with Gasteiger partial charge in [-0.3, -0.25) is 4.79 Å². The number of carbonyl (C=O) groups is 1. The van der Waals surface area contributed by atoms with Gasteiger partial charge in [-0.2, -0.15) is 0 Å². The van der Waals surface area contributed by atoms with Crippen LogP contribution in [0.15, 0.2) is 23.1 Å². The van der Waals surface area contributed by atoms with Crippen LogP contribution in [-0.2, 0) is 0 Å². The third-order valence-corrected chi connectivity index (χ3v) is 5.84. The molecule has 1 heterocycles. The largest absolute Gasteiger partial charge is 0.338 e. The number of fused-ring (bicyclic) bond motifs is 1. The summed E-state index contributed by atoms with van der Waals surface area (Å²) in [4.78, 5) is 15.8. The van der Waals surface area contributed by atoms with Crippen LogP contribution in [0, 0.1) is 11.8 Å². The summed E-state index contributed by atoms with van der Waals surface area (Å²) in [5, 5.41) is 0.546. The zero-order valence-electron chi connectivity index (χ0n) is 12.2. The highest BCUT2D eigenvalue weighted by Crippen LogP contribution is 2.37. The predicted molar refractivity (Wildman–Crippen MR) is 87.9 cm³/mol. The molecule has 2 fully saturated rings. The van der Waals surface area contributed by atoms with Crippen LogP contribution in [0.2, 0.25) is 5.02 Å². The van der Waals surface area contributed by atoms with Crippen molar-refractivity contribution in [1.29, 1.82) is 0 Å². The molecule has 21 heavy (non-hydrogen) atoms. The molecule has 2 N–H and O–H groups in total. The minimum atomic E-state index is 0.0684. The van der Waals surface area contributed by atoms with Gasteiger partial charge in [-0.1, -0.05) is 11.6 Å². The van der Waals surface area contributed by atoms with Gasteiger partial charge < -0.3 is 10.6 Å². The average molecular weight is 325 g/mol. The Morgan fingerprint density at radius 3 is 2.86 bits per heavy atom. The highest BCUT2D eigenvalue weighted by atomic mass is 35.5. The van der Waals surface area contributed by atoms with E-state index in [9.17, 15) is 4.79 Å². The normalized spacial score (nSPS) is 28.5. The number of halogens is 1. The van der Waals surface area contributed by atoms with E-state index in [1.807, 2.05) is 29.4 Å². The second-order valence-electron chi connectivity index (χ2n) is 6.15. The molecule has 1 aromatic carbocycles. The Hall–Kier alpha value is -0.710. The van der Waals surface area contributed by atoms with E-state index >= 15 is 0 Å². The van der Waals surface area contributed by atoms with Crippen LogP contribution in [0.3, 0.4) is 0 Å². The fourth-order valence-corrected chi connectivity index (χ4v) is 4.24. The Kier molecular flexibility index (Phi) is 4.48. The van der Waals surface area contributed by atoms with Crippen LogP contribution in [0.25, 0.3) is 0 Å². The number of likely N-dealkylation sites (tertiary alicyclic amines) is 1. The Morgan fingerprint density at radius 1 is 1.33 bits per heavy atom. The van der Waals surface area contributed by atoms with E-state index in [-0.39, 0.29) is 5.91 Å². The number of carbonyl (C=O) groups excluding carboxylic acids is 1. The number of nitrogens with two attached hydrogens (primary N) is 1. The van der Waals surface area contributed by atoms with Crippen molar-refractivity contribution in [2.24, 2.45) is 17.6 Å². The molecule has 2 aliphatic rings. The van der Waals surface area contributed by atoms with Crippen LogP contribution in [0.1, 0.15) is 29.6 Å². The molecular formula is C16H21ClN2OS. The smallest absolute Gasteiger partial charge is 0.255 e. The zero-order valence-corrected chi connectivity index (χ0v) is 13.8. The highest BCUT2D eigenvalue weighted by molar-refractivity contribution is 7.98. The van der Waals surface area contributed by atoms with Gasteiger partial charge in [0, 0.05) is 24.0 Å². The van der Waals surface area contributed by atoms with Gasteiger partial charge in [0.2, 0.25) is 0 Å². The summed E-state index contributed by atoms with van der Waals surface area (Å²) in [6.07, 6.45) is 5.29. The van der Waals surface area contributed by atoms with Crippen molar-refractivity contribution in [1.82, 2.24) is 4.90 Å². The fourth-order valence-electron chi connectivity index (χ4n) is 3.60. The monoisotopic (exact) mass is 324 g/mol. The second kappa shape index (κ2) is 6.19. The van der Waals surface area contributed by atoms with Gasteiger partial charge >= 0.3 is 0 Å². The summed E-state index contributed by atoms with van der Waals surface area (Å²) in [7, 11) is 0. The molecule has 3 atom stereocenters. The summed E-state index contributed by atoms with van der Waals surface area (Å²) >= 11 is 7.85. The zero-order chi connectivity index (χ0) is 15.0. The third-order valence-electron chi connectivity index (χ3n) is 4.78. The van der Waals surface area contributed by atoms with Gasteiger partial charge in [-0.05, 0) is 55.6 Å². The molecule has 0 spiro atoms. The first-order valence-electron chi connectivity index (χ1n) is 7.47. The van der Waals surface area contributed by atoms with E-state index in [1.54, 1.807) is 11.8 Å². The van der Waals surface area contributed by atoms with Crippen LogP contribution in [-0.4, -0.2) is 36.2 Å². The first-order valence-corrected chi connectivity index (χ1v) is 9.07. The van der Waals surface area contributed by atoms with Gasteiger partial charge in [-0.15, -0.1) is 11.8 Å². The first-order chi connectivity index (χ1) is 10.1. The minimum Gasteiger partial charge on any atom is -0.338 e. The molecule has 1 aliphatic heterocycles. The van der Waals surface area contributed by atoms with Gasteiger partial charge in [-0.25, -0.2) is 0 Å². The summed E-state index contributed by atoms with van der Waals surface area (Å²) in [6.45, 7) is 1.69. The number of nitrogens with zero attached hydrogens (tertiary/aromatic N) is 1. The molecule has 0 radical (unpaired) electrons. The standard InChI is InChI=1S/C16H21ClN2OS/c1-21-13-4-5-15(17)14(7-13)16(20)19-8-10-2-3-12(18)6-11(10)9-19/h4-5,7,10-12H,2-3,6,8-9,18H2,1H3/t10-,11+,12?/m1/s1. The quantitative estimate of drug-likeness (QED) is 0.849. The average Bonchev–Trinajstić information content (AvgIpc) is 2.90. The molecule has 3 nitrogen and oxygen atoms in total. The molecule has 1 aromatic rings. The molecular weight excluding hydrogens is 304 g/mol. The lowest BCUT2D eigenvalue weighted by atomic mass is 9.79. The van der Waals surface area contributed by atoms with E-state index in [4.69, 9.17) is 17.3 Å². The van der Waals surface area contributed by atoms with E-state index in [1.165, 1.54) is 0 Å². The van der Waals surface area contributed by atoms with Crippen molar-refractivity contribution >= 4 is 29.3 Å². The van der Waals surface area contributed by atoms with Gasteiger partial charge in [0.15, 0.2) is 0 Å². The van der Waals surface area contributed by atoms with E-state index < -0.39 is 0 Å². The topological polar surface area (TPSA) is 46.3 Å². The number of thioether (sulfide) groups is 1. The summed E-state index contributed by atoms with van der Waals surface area (Å²) in [5.74, 6) is 1.26. The van der Waals surface area contributed by atoms with E-state index in [0.29, 0.717) is 28.5 Å². The van der Waals surface area contributed by atoms with Crippen molar-refractivity contribution in [3.8, 4) is 0 Å². The van der Waals surface area contributed by atoms with Crippen LogP contribution < -0.4 is 5.73 Å². The molecule has 1 saturated carbocycles. The van der Waals surface area contributed by atoms with Crippen LogP contribution in [0.5, 0.6) is 0 Å². The number of hydrogen-bond donors (Lipinski definition) is 1. The van der Waals surface area contributed by atoms with Gasteiger partial charge in [0.25, 0.3) is 5.91 Å². The summed E-state index contributed by atoms with van der Waals surface area (Å²) in [6, 6.07) is 5.99. The molecule has 0 aromatic heterocycles. The molecule has 3 rings (SSSR count). The molecule has 0 bridgehead atoms. The molecule has 1 amide bonds. The lowest BCUT2D eigenvalue weighted by Gasteiger charge is -2.27. The number of rotatable bonds is 2. The van der Waals surface area contributed by atoms with Crippen LogP contribution >= 0.6 is 23.4 Å². The van der Waals surface area contributed by atoms with Crippen molar-refractivity contribution in [3.05, 3.63) is 28.8 Å². The van der Waals surface area contributed by atoms with Gasteiger partial charge in [0.1, 0.15) is 0 Å². The van der Waals surface area contributed by atoms with Gasteiger partial charge in [0.05, 0.1) is 10.6 Å². The van der Waals surface area contributed by atoms with Crippen molar-refractivity contribution < 1.29 is 4.79 Å². The number of hydrogen-bond acceptors (Lipinski definition) is 3. The summed E-state index contributed by atoms with van der Waals surface area (Å²) < 4.78 is 0. The molecule has 1 unspecified atom stereocenters. The van der Waals surface area contributed by atoms with Crippen molar-refractivity contribution in [2.45, 2.75) is 30.2 Å². The maximum Gasteiger partial charge on any atom is 0.255 e. The van der Waals surface area contributed by atoms with Crippen molar-refractivity contribution in [2.75, 3.05) is 19.3 Å². The fraction of sp³-hybridized carbons (Fsp3) is 0.562.